The maximum absolute atomic E-state index is 9.13. The number of nitriles is 1. The van der Waals surface area contributed by atoms with Crippen LogP contribution in [0.3, 0.4) is 0 Å². The van der Waals surface area contributed by atoms with Crippen LogP contribution in [0.1, 0.15) is 57.5 Å². The average Bonchev–Trinajstić information content (AvgIpc) is 3.09. The smallest absolute Gasteiger partial charge is 0.172 e. The third-order valence-corrected chi connectivity index (χ3v) is 5.02. The Bertz CT molecular complexity index is 759. The van der Waals surface area contributed by atoms with Gasteiger partial charge >= 0.3 is 0 Å². The van der Waals surface area contributed by atoms with Gasteiger partial charge in [-0.15, -0.1) is 5.10 Å². The third kappa shape index (κ3) is 3.97. The molecule has 132 valence electrons. The molecule has 1 aliphatic carbocycles. The van der Waals surface area contributed by atoms with Crippen LogP contribution in [0.4, 0.5) is 0 Å². The number of nitrogens with zero attached hydrogens (tertiary/aromatic N) is 7. The van der Waals surface area contributed by atoms with E-state index >= 15 is 0 Å². The topological polar surface area (TPSA) is 83.5 Å². The molecule has 0 amide bonds. The lowest BCUT2D eigenvalue weighted by Gasteiger charge is -2.36. The molecule has 3 rings (SSSR count). The van der Waals surface area contributed by atoms with Crippen molar-refractivity contribution in [3.05, 3.63) is 28.7 Å². The summed E-state index contributed by atoms with van der Waals surface area (Å²) in [4.78, 5) is 6.73. The first-order valence-electron chi connectivity index (χ1n) is 8.70. The highest BCUT2D eigenvalue weighted by molar-refractivity contribution is 6.31. The first kappa shape index (κ1) is 17.8. The Morgan fingerprint density at radius 3 is 2.76 bits per heavy atom. The van der Waals surface area contributed by atoms with Crippen LogP contribution in [-0.4, -0.2) is 42.2 Å². The van der Waals surface area contributed by atoms with Crippen molar-refractivity contribution in [3.63, 3.8) is 0 Å². The van der Waals surface area contributed by atoms with E-state index in [-0.39, 0.29) is 5.69 Å². The quantitative estimate of drug-likeness (QED) is 0.815. The first-order valence-corrected chi connectivity index (χ1v) is 9.08. The molecular formula is C17H22ClN7. The van der Waals surface area contributed by atoms with Gasteiger partial charge in [0, 0.05) is 12.1 Å². The standard InChI is InChI=1S/C17H22ClN7/c1-12(2)24(13-6-4-3-5-7-13)11-17-21-22-23-25(17)16-9-8-14(18)15(10-19)20-16/h8-9,12-13H,3-7,11H2,1-2H3. The number of rotatable bonds is 5. The van der Waals surface area contributed by atoms with E-state index in [9.17, 15) is 0 Å². The zero-order chi connectivity index (χ0) is 17.8. The molecule has 1 saturated carbocycles. The zero-order valence-electron chi connectivity index (χ0n) is 14.6. The van der Waals surface area contributed by atoms with Crippen LogP contribution in [0.2, 0.25) is 5.02 Å². The second-order valence-corrected chi connectivity index (χ2v) is 7.08. The van der Waals surface area contributed by atoms with Crippen molar-refractivity contribution in [2.75, 3.05) is 0 Å². The predicted molar refractivity (Wildman–Crippen MR) is 94.2 cm³/mol. The van der Waals surface area contributed by atoms with Crippen molar-refractivity contribution in [1.29, 1.82) is 5.26 Å². The highest BCUT2D eigenvalue weighted by atomic mass is 35.5. The van der Waals surface area contributed by atoms with Crippen LogP contribution in [-0.2, 0) is 6.54 Å². The van der Waals surface area contributed by atoms with Crippen LogP contribution in [0.25, 0.3) is 5.82 Å². The van der Waals surface area contributed by atoms with Crippen LogP contribution in [0.5, 0.6) is 0 Å². The molecule has 0 aliphatic heterocycles. The van der Waals surface area contributed by atoms with Gasteiger partial charge in [-0.2, -0.15) is 9.94 Å². The summed E-state index contributed by atoms with van der Waals surface area (Å²) in [7, 11) is 0. The molecule has 0 radical (unpaired) electrons. The second-order valence-electron chi connectivity index (χ2n) is 6.68. The lowest BCUT2D eigenvalue weighted by Crippen LogP contribution is -2.41. The van der Waals surface area contributed by atoms with Gasteiger partial charge in [-0.05, 0) is 49.2 Å². The summed E-state index contributed by atoms with van der Waals surface area (Å²) in [6, 6.07) is 6.33. The van der Waals surface area contributed by atoms with Gasteiger partial charge in [0.05, 0.1) is 11.6 Å². The summed E-state index contributed by atoms with van der Waals surface area (Å²) in [6.45, 7) is 5.07. The summed E-state index contributed by atoms with van der Waals surface area (Å²) < 4.78 is 1.59. The number of hydrogen-bond donors (Lipinski definition) is 0. The van der Waals surface area contributed by atoms with E-state index in [0.717, 1.165) is 5.82 Å². The fraction of sp³-hybridized carbons (Fsp3) is 0.588. The van der Waals surface area contributed by atoms with Crippen LogP contribution >= 0.6 is 11.6 Å². The van der Waals surface area contributed by atoms with Crippen molar-refractivity contribution in [2.45, 2.75) is 64.6 Å². The van der Waals surface area contributed by atoms with Crippen molar-refractivity contribution in [1.82, 2.24) is 30.1 Å². The Kier molecular flexibility index (Phi) is 5.61. The van der Waals surface area contributed by atoms with Gasteiger partial charge in [-0.3, -0.25) is 4.90 Å². The van der Waals surface area contributed by atoms with Gasteiger partial charge in [0.1, 0.15) is 6.07 Å². The lowest BCUT2D eigenvalue weighted by atomic mass is 9.93. The van der Waals surface area contributed by atoms with Crippen molar-refractivity contribution in [2.24, 2.45) is 0 Å². The molecule has 25 heavy (non-hydrogen) atoms. The highest BCUT2D eigenvalue weighted by Gasteiger charge is 2.25. The molecular weight excluding hydrogens is 338 g/mol. The monoisotopic (exact) mass is 359 g/mol. The largest absolute Gasteiger partial charge is 0.290 e. The maximum Gasteiger partial charge on any atom is 0.172 e. The minimum absolute atomic E-state index is 0.175. The van der Waals surface area contributed by atoms with E-state index in [2.05, 4.69) is 39.3 Å². The van der Waals surface area contributed by atoms with Gasteiger partial charge in [-0.25, -0.2) is 4.98 Å². The van der Waals surface area contributed by atoms with E-state index in [1.54, 1.807) is 16.8 Å². The fourth-order valence-corrected chi connectivity index (χ4v) is 3.57. The van der Waals surface area contributed by atoms with E-state index in [0.29, 0.717) is 29.5 Å². The molecule has 1 fully saturated rings. The lowest BCUT2D eigenvalue weighted by molar-refractivity contribution is 0.108. The summed E-state index contributed by atoms with van der Waals surface area (Å²) in [5.41, 5.74) is 0.175. The van der Waals surface area contributed by atoms with Gasteiger partial charge in [0.15, 0.2) is 17.3 Å². The SMILES string of the molecule is CC(C)N(Cc1nnnn1-c1ccc(Cl)c(C#N)n1)C1CCCCC1. The van der Waals surface area contributed by atoms with Crippen molar-refractivity contribution < 1.29 is 0 Å². The first-order chi connectivity index (χ1) is 12.1. The summed E-state index contributed by atoms with van der Waals surface area (Å²) in [5.74, 6) is 1.23. The summed E-state index contributed by atoms with van der Waals surface area (Å²) in [5, 5.41) is 21.5. The van der Waals surface area contributed by atoms with Gasteiger partial charge in [0.25, 0.3) is 0 Å². The minimum atomic E-state index is 0.175. The molecule has 0 saturated heterocycles. The Morgan fingerprint density at radius 2 is 2.08 bits per heavy atom. The number of halogens is 1. The number of hydrogen-bond acceptors (Lipinski definition) is 6. The molecule has 8 heteroatoms. The molecule has 7 nitrogen and oxygen atoms in total. The zero-order valence-corrected chi connectivity index (χ0v) is 15.3. The van der Waals surface area contributed by atoms with E-state index < -0.39 is 0 Å². The molecule has 0 unspecified atom stereocenters. The van der Waals surface area contributed by atoms with Crippen LogP contribution < -0.4 is 0 Å². The maximum atomic E-state index is 9.13. The average molecular weight is 360 g/mol. The Labute approximate surface area is 152 Å². The predicted octanol–water partition coefficient (Wildman–Crippen LogP) is 3.13. The summed E-state index contributed by atoms with van der Waals surface area (Å²) in [6.07, 6.45) is 6.33. The number of aromatic nitrogens is 5. The second kappa shape index (κ2) is 7.89. The molecule has 0 bridgehead atoms. The molecule has 0 N–H and O–H groups in total. The highest BCUT2D eigenvalue weighted by Crippen LogP contribution is 2.25. The summed E-state index contributed by atoms with van der Waals surface area (Å²) >= 11 is 5.97. The Balaban J connectivity index is 1.86. The van der Waals surface area contributed by atoms with E-state index in [4.69, 9.17) is 16.9 Å². The molecule has 2 aromatic rings. The van der Waals surface area contributed by atoms with Crippen LogP contribution in [0.15, 0.2) is 12.1 Å². The van der Waals surface area contributed by atoms with Crippen molar-refractivity contribution >= 4 is 11.6 Å². The fourth-order valence-electron chi connectivity index (χ4n) is 3.42. The number of pyridine rings is 1. The molecule has 2 heterocycles. The third-order valence-electron chi connectivity index (χ3n) is 4.72. The Hall–Kier alpha value is -2.04. The minimum Gasteiger partial charge on any atom is -0.290 e. The van der Waals surface area contributed by atoms with Crippen LogP contribution in [0, 0.1) is 11.3 Å². The molecule has 0 spiro atoms. The molecule has 1 aliphatic rings. The van der Waals surface area contributed by atoms with Gasteiger partial charge in [0.2, 0.25) is 0 Å². The normalized spacial score (nSPS) is 15.7. The van der Waals surface area contributed by atoms with E-state index in [1.807, 2.05) is 6.07 Å². The molecule has 2 aromatic heterocycles. The molecule has 0 aromatic carbocycles. The van der Waals surface area contributed by atoms with E-state index in [1.165, 1.54) is 32.1 Å². The Morgan fingerprint density at radius 1 is 1.32 bits per heavy atom. The number of tetrazole rings is 1. The molecule has 0 atom stereocenters. The van der Waals surface area contributed by atoms with Gasteiger partial charge < -0.3 is 0 Å². The van der Waals surface area contributed by atoms with Crippen molar-refractivity contribution in [3.8, 4) is 11.9 Å². The van der Waals surface area contributed by atoms with Gasteiger partial charge in [-0.1, -0.05) is 30.9 Å².